The topological polar surface area (TPSA) is 73.9 Å². The number of methoxy groups -OCH3 is 2. The Morgan fingerprint density at radius 1 is 1.04 bits per heavy atom. The summed E-state index contributed by atoms with van der Waals surface area (Å²) in [6.07, 6.45) is -0.751. The first-order valence-electron chi connectivity index (χ1n) is 7.75. The molecule has 1 N–H and O–H groups in total. The van der Waals surface area contributed by atoms with Crippen molar-refractivity contribution >= 4 is 17.6 Å². The standard InChI is InChI=1S/C19H21NO5/c1-12-6-5-7-15(10-12)20-18(21)13(2)25-16-9-8-14(19(22)24-4)11-17(16)23-3/h5-11,13H,1-4H3,(H,20,21)/t13-/m0/s1. The van der Waals surface area contributed by atoms with Crippen molar-refractivity contribution in [2.75, 3.05) is 19.5 Å². The van der Waals surface area contributed by atoms with E-state index in [-0.39, 0.29) is 5.91 Å². The van der Waals surface area contributed by atoms with E-state index in [4.69, 9.17) is 9.47 Å². The average Bonchev–Trinajstić information content (AvgIpc) is 2.61. The largest absolute Gasteiger partial charge is 0.493 e. The molecule has 0 bridgehead atoms. The highest BCUT2D eigenvalue weighted by Crippen LogP contribution is 2.29. The number of ether oxygens (including phenoxy) is 3. The molecule has 6 heteroatoms. The van der Waals surface area contributed by atoms with Crippen molar-refractivity contribution in [3.63, 3.8) is 0 Å². The zero-order valence-electron chi connectivity index (χ0n) is 14.7. The van der Waals surface area contributed by atoms with Gasteiger partial charge < -0.3 is 19.5 Å². The monoisotopic (exact) mass is 343 g/mol. The van der Waals surface area contributed by atoms with E-state index in [0.29, 0.717) is 22.7 Å². The van der Waals surface area contributed by atoms with Gasteiger partial charge in [-0.05, 0) is 49.7 Å². The van der Waals surface area contributed by atoms with Gasteiger partial charge >= 0.3 is 5.97 Å². The Hall–Kier alpha value is -3.02. The molecule has 2 aromatic rings. The van der Waals surface area contributed by atoms with E-state index in [2.05, 4.69) is 10.1 Å². The Labute approximate surface area is 146 Å². The molecule has 2 rings (SSSR count). The third-order valence-electron chi connectivity index (χ3n) is 3.54. The van der Waals surface area contributed by atoms with Crippen molar-refractivity contribution in [3.8, 4) is 11.5 Å². The van der Waals surface area contributed by atoms with Gasteiger partial charge in [0, 0.05) is 5.69 Å². The summed E-state index contributed by atoms with van der Waals surface area (Å²) >= 11 is 0. The summed E-state index contributed by atoms with van der Waals surface area (Å²) in [6.45, 7) is 3.59. The van der Waals surface area contributed by atoms with Crippen molar-refractivity contribution in [3.05, 3.63) is 53.6 Å². The lowest BCUT2D eigenvalue weighted by atomic mass is 10.2. The molecule has 1 atom stereocenters. The van der Waals surface area contributed by atoms with Gasteiger partial charge in [0.25, 0.3) is 5.91 Å². The number of anilines is 1. The van der Waals surface area contributed by atoms with E-state index < -0.39 is 12.1 Å². The van der Waals surface area contributed by atoms with Gasteiger partial charge in [0.15, 0.2) is 17.6 Å². The Balaban J connectivity index is 2.09. The molecule has 25 heavy (non-hydrogen) atoms. The minimum Gasteiger partial charge on any atom is -0.493 e. The third-order valence-corrected chi connectivity index (χ3v) is 3.54. The number of benzene rings is 2. The summed E-state index contributed by atoms with van der Waals surface area (Å²) in [7, 11) is 2.76. The van der Waals surface area contributed by atoms with E-state index in [9.17, 15) is 9.59 Å². The Kier molecular flexibility index (Phi) is 6.00. The van der Waals surface area contributed by atoms with Crippen molar-refractivity contribution in [2.45, 2.75) is 20.0 Å². The van der Waals surface area contributed by atoms with E-state index in [0.717, 1.165) is 5.56 Å². The summed E-state index contributed by atoms with van der Waals surface area (Å²) in [5.74, 6) is -0.0556. The SMILES string of the molecule is COC(=O)c1ccc(O[C@@H](C)C(=O)Nc2cccc(C)c2)c(OC)c1. The fourth-order valence-corrected chi connectivity index (χ4v) is 2.22. The molecule has 0 fully saturated rings. The maximum absolute atomic E-state index is 12.3. The number of amides is 1. The van der Waals surface area contributed by atoms with Crippen molar-refractivity contribution in [1.29, 1.82) is 0 Å². The lowest BCUT2D eigenvalue weighted by Gasteiger charge is -2.17. The molecule has 0 heterocycles. The molecular weight excluding hydrogens is 322 g/mol. The highest BCUT2D eigenvalue weighted by atomic mass is 16.5. The zero-order chi connectivity index (χ0) is 18.4. The molecule has 6 nitrogen and oxygen atoms in total. The normalized spacial score (nSPS) is 11.4. The molecule has 0 saturated heterocycles. The van der Waals surface area contributed by atoms with Gasteiger partial charge in [-0.3, -0.25) is 4.79 Å². The van der Waals surface area contributed by atoms with Gasteiger partial charge in [-0.15, -0.1) is 0 Å². The molecule has 0 aromatic heterocycles. The molecule has 0 aliphatic heterocycles. The number of hydrogen-bond donors (Lipinski definition) is 1. The number of hydrogen-bond acceptors (Lipinski definition) is 5. The average molecular weight is 343 g/mol. The predicted molar refractivity (Wildman–Crippen MR) is 94.2 cm³/mol. The summed E-state index contributed by atoms with van der Waals surface area (Å²) in [6, 6.07) is 12.1. The molecule has 0 spiro atoms. The molecule has 0 unspecified atom stereocenters. The summed E-state index contributed by atoms with van der Waals surface area (Å²) in [5.41, 5.74) is 2.09. The first kappa shape index (κ1) is 18.3. The van der Waals surface area contributed by atoms with Crippen molar-refractivity contribution in [1.82, 2.24) is 0 Å². The fourth-order valence-electron chi connectivity index (χ4n) is 2.22. The first-order chi connectivity index (χ1) is 11.9. The lowest BCUT2D eigenvalue weighted by molar-refractivity contribution is -0.122. The van der Waals surface area contributed by atoms with Gasteiger partial charge in [-0.25, -0.2) is 4.79 Å². The second-order valence-corrected chi connectivity index (χ2v) is 5.48. The minimum atomic E-state index is -0.751. The molecule has 0 aliphatic rings. The van der Waals surface area contributed by atoms with Gasteiger partial charge in [0.2, 0.25) is 0 Å². The van der Waals surface area contributed by atoms with Gasteiger partial charge in [0.1, 0.15) is 0 Å². The Bertz CT molecular complexity index is 772. The second-order valence-electron chi connectivity index (χ2n) is 5.48. The number of aryl methyl sites for hydroxylation is 1. The van der Waals surface area contributed by atoms with Crippen LogP contribution in [0.15, 0.2) is 42.5 Å². The van der Waals surface area contributed by atoms with Crippen LogP contribution in [0.3, 0.4) is 0 Å². The number of carbonyl (C=O) groups is 2. The van der Waals surface area contributed by atoms with Crippen LogP contribution in [-0.4, -0.2) is 32.2 Å². The van der Waals surface area contributed by atoms with E-state index >= 15 is 0 Å². The summed E-state index contributed by atoms with van der Waals surface area (Å²) < 4.78 is 15.6. The Morgan fingerprint density at radius 2 is 1.80 bits per heavy atom. The Morgan fingerprint density at radius 3 is 2.44 bits per heavy atom. The van der Waals surface area contributed by atoms with Crippen molar-refractivity contribution < 1.29 is 23.8 Å². The minimum absolute atomic E-state index is 0.287. The predicted octanol–water partition coefficient (Wildman–Crippen LogP) is 3.20. The third kappa shape index (κ3) is 4.73. The van der Waals surface area contributed by atoms with Gasteiger partial charge in [-0.2, -0.15) is 0 Å². The fraction of sp³-hybridized carbons (Fsp3) is 0.263. The van der Waals surface area contributed by atoms with Gasteiger partial charge in [0.05, 0.1) is 19.8 Å². The number of rotatable bonds is 6. The summed E-state index contributed by atoms with van der Waals surface area (Å²) in [4.78, 5) is 23.9. The van der Waals surface area contributed by atoms with Crippen LogP contribution in [0.2, 0.25) is 0 Å². The van der Waals surface area contributed by atoms with Crippen LogP contribution < -0.4 is 14.8 Å². The van der Waals surface area contributed by atoms with Crippen LogP contribution in [0, 0.1) is 6.92 Å². The summed E-state index contributed by atoms with van der Waals surface area (Å²) in [5, 5.41) is 2.80. The maximum Gasteiger partial charge on any atom is 0.337 e. The smallest absolute Gasteiger partial charge is 0.337 e. The number of esters is 1. The van der Waals surface area contributed by atoms with Crippen LogP contribution in [0.25, 0.3) is 0 Å². The van der Waals surface area contributed by atoms with Crippen LogP contribution >= 0.6 is 0 Å². The molecule has 132 valence electrons. The van der Waals surface area contributed by atoms with Crippen LogP contribution in [0.1, 0.15) is 22.8 Å². The quantitative estimate of drug-likeness (QED) is 0.816. The number of nitrogens with one attached hydrogen (secondary N) is 1. The lowest BCUT2D eigenvalue weighted by Crippen LogP contribution is -2.30. The van der Waals surface area contributed by atoms with E-state index in [1.165, 1.54) is 20.3 Å². The van der Waals surface area contributed by atoms with E-state index in [1.54, 1.807) is 19.1 Å². The second kappa shape index (κ2) is 8.19. The highest BCUT2D eigenvalue weighted by molar-refractivity contribution is 5.94. The first-order valence-corrected chi connectivity index (χ1v) is 7.75. The van der Waals surface area contributed by atoms with Crippen molar-refractivity contribution in [2.24, 2.45) is 0 Å². The molecule has 0 aliphatic carbocycles. The molecule has 0 radical (unpaired) electrons. The van der Waals surface area contributed by atoms with Gasteiger partial charge in [-0.1, -0.05) is 12.1 Å². The van der Waals surface area contributed by atoms with E-state index in [1.807, 2.05) is 31.2 Å². The van der Waals surface area contributed by atoms with Crippen LogP contribution in [-0.2, 0) is 9.53 Å². The highest BCUT2D eigenvalue weighted by Gasteiger charge is 2.18. The molecule has 0 saturated carbocycles. The molecule has 2 aromatic carbocycles. The maximum atomic E-state index is 12.3. The number of carbonyl (C=O) groups excluding carboxylic acids is 2. The molecular formula is C19H21NO5. The van der Waals surface area contributed by atoms with Crippen LogP contribution in [0.4, 0.5) is 5.69 Å². The molecule has 1 amide bonds. The van der Waals surface area contributed by atoms with Crippen LogP contribution in [0.5, 0.6) is 11.5 Å². The zero-order valence-corrected chi connectivity index (χ0v) is 14.7.